The van der Waals surface area contributed by atoms with Gasteiger partial charge in [0.1, 0.15) is 5.60 Å². The van der Waals surface area contributed by atoms with Crippen molar-refractivity contribution < 1.29 is 14.6 Å². The van der Waals surface area contributed by atoms with Crippen LogP contribution in [-0.2, 0) is 9.53 Å². The third kappa shape index (κ3) is 9.62. The summed E-state index contributed by atoms with van der Waals surface area (Å²) in [6, 6.07) is -1.02. The zero-order valence-electron chi connectivity index (χ0n) is 11.4. The minimum absolute atomic E-state index is 0.0592. The molecular weight excluding hydrogens is 254 g/mol. The lowest BCUT2D eigenvalue weighted by atomic mass is 10.1. The highest BCUT2D eigenvalue weighted by molar-refractivity contribution is 5.76. The summed E-state index contributed by atoms with van der Waals surface area (Å²) in [5.41, 5.74) is 11.5. The summed E-state index contributed by atoms with van der Waals surface area (Å²) >= 11 is 0. The van der Waals surface area contributed by atoms with Crippen LogP contribution in [0.25, 0.3) is 0 Å². The molecule has 0 aromatic rings. The molecule has 0 aliphatic rings. The van der Waals surface area contributed by atoms with E-state index >= 15 is 0 Å². The zero-order valence-corrected chi connectivity index (χ0v) is 11.4. The molecule has 19 heavy (non-hydrogen) atoms. The number of nitrogens with one attached hydrogen (secondary N) is 1. The van der Waals surface area contributed by atoms with E-state index in [2.05, 4.69) is 4.99 Å². The smallest absolute Gasteiger partial charge is 0.335 e. The van der Waals surface area contributed by atoms with Crippen LogP contribution in [0.15, 0.2) is 4.99 Å². The molecule has 110 valence electrons. The Bertz CT molecular complexity index is 346. The van der Waals surface area contributed by atoms with Gasteiger partial charge in [0.2, 0.25) is 0 Å². The van der Waals surface area contributed by atoms with E-state index in [9.17, 15) is 14.9 Å². The van der Waals surface area contributed by atoms with Gasteiger partial charge in [0.15, 0.2) is 17.0 Å². The van der Waals surface area contributed by atoms with Gasteiger partial charge in [-0.1, -0.05) is 0 Å². The van der Waals surface area contributed by atoms with E-state index in [0.29, 0.717) is 13.0 Å². The summed E-state index contributed by atoms with van der Waals surface area (Å²) in [5.74, 6) is -0.732. The first kappa shape index (κ1) is 16.9. The fourth-order valence-corrected chi connectivity index (χ4v) is 1.24. The van der Waals surface area contributed by atoms with Gasteiger partial charge in [-0.25, -0.2) is 14.9 Å². The number of hydrazine groups is 1. The first-order valence-electron chi connectivity index (χ1n) is 5.80. The van der Waals surface area contributed by atoms with Gasteiger partial charge in [-0.15, -0.1) is 5.43 Å². The minimum atomic E-state index is -1.02. The second-order valence-electron chi connectivity index (χ2n) is 4.92. The topological polar surface area (TPSA) is 146 Å². The van der Waals surface area contributed by atoms with E-state index in [1.165, 1.54) is 0 Å². The molecule has 0 unspecified atom stereocenters. The third-order valence-corrected chi connectivity index (χ3v) is 1.90. The van der Waals surface area contributed by atoms with Crippen molar-refractivity contribution in [1.82, 2.24) is 5.43 Å². The second kappa shape index (κ2) is 7.39. The van der Waals surface area contributed by atoms with Crippen molar-refractivity contribution in [2.75, 3.05) is 6.54 Å². The normalized spacial score (nSPS) is 12.4. The van der Waals surface area contributed by atoms with Crippen molar-refractivity contribution in [3.8, 4) is 0 Å². The van der Waals surface area contributed by atoms with Crippen LogP contribution in [-0.4, -0.2) is 35.1 Å². The molecule has 0 aromatic carbocycles. The average Bonchev–Trinajstić information content (AvgIpc) is 2.19. The maximum atomic E-state index is 11.7. The maximum Gasteiger partial charge on any atom is 0.335 e. The number of hydrogen-bond acceptors (Lipinski definition) is 5. The predicted octanol–water partition coefficient (Wildman–Crippen LogP) is -0.468. The largest absolute Gasteiger partial charge is 0.458 e. The van der Waals surface area contributed by atoms with E-state index in [-0.39, 0.29) is 12.4 Å². The molecule has 0 radical (unpaired) electrons. The number of carbonyl (C=O) groups is 1. The molecule has 5 N–H and O–H groups in total. The number of ether oxygens (including phenoxy) is 1. The minimum Gasteiger partial charge on any atom is -0.458 e. The number of nitro groups is 1. The Balaban J connectivity index is 4.42. The molecule has 0 aromatic heterocycles. The van der Waals surface area contributed by atoms with E-state index in [1.807, 2.05) is 5.43 Å². The SMILES string of the molecule is CC(C)(C)OC(=O)[C@H](CCCN=C(N)N)N[N+](=O)[O-]. The predicted molar refractivity (Wildman–Crippen MR) is 69.7 cm³/mol. The van der Waals surface area contributed by atoms with Crippen LogP contribution < -0.4 is 16.9 Å². The molecule has 9 nitrogen and oxygen atoms in total. The van der Waals surface area contributed by atoms with E-state index in [0.717, 1.165) is 0 Å². The van der Waals surface area contributed by atoms with Gasteiger partial charge >= 0.3 is 5.97 Å². The lowest BCUT2D eigenvalue weighted by molar-refractivity contribution is -0.549. The molecule has 0 spiro atoms. The molecule has 9 heteroatoms. The standard InChI is InChI=1S/C10H21N5O4/c1-10(2,3)19-8(16)7(14-15(17)18)5-4-6-13-9(11)12/h7,14H,4-6H2,1-3H3,(H4,11,12,13)/t7-/m0/s1. The van der Waals surface area contributed by atoms with Crippen molar-refractivity contribution >= 4 is 11.9 Å². The molecular formula is C10H21N5O4. The van der Waals surface area contributed by atoms with Crippen LogP contribution in [0, 0.1) is 10.1 Å². The van der Waals surface area contributed by atoms with Crippen LogP contribution in [0.3, 0.4) is 0 Å². The Kier molecular flexibility index (Phi) is 6.59. The number of hydrogen-bond donors (Lipinski definition) is 3. The fourth-order valence-electron chi connectivity index (χ4n) is 1.24. The molecule has 0 amide bonds. The first-order valence-corrected chi connectivity index (χ1v) is 5.80. The van der Waals surface area contributed by atoms with Gasteiger partial charge in [0.25, 0.3) is 0 Å². The molecule has 0 rings (SSSR count). The van der Waals surface area contributed by atoms with Crippen molar-refractivity contribution in [2.24, 2.45) is 16.5 Å². The summed E-state index contributed by atoms with van der Waals surface area (Å²) in [4.78, 5) is 25.9. The number of guanidine groups is 1. The quantitative estimate of drug-likeness (QED) is 0.142. The van der Waals surface area contributed by atoms with Crippen LogP contribution in [0.5, 0.6) is 0 Å². The summed E-state index contributed by atoms with van der Waals surface area (Å²) in [7, 11) is 0. The van der Waals surface area contributed by atoms with E-state index < -0.39 is 22.6 Å². The highest BCUT2D eigenvalue weighted by atomic mass is 16.7. The second-order valence-corrected chi connectivity index (χ2v) is 4.92. The Labute approximate surface area is 111 Å². The Hall–Kier alpha value is -2.06. The average molecular weight is 275 g/mol. The summed E-state index contributed by atoms with van der Waals surface area (Å²) in [5, 5.41) is 9.67. The lowest BCUT2D eigenvalue weighted by Crippen LogP contribution is -2.44. The van der Waals surface area contributed by atoms with Crippen LogP contribution in [0.1, 0.15) is 33.6 Å². The highest BCUT2D eigenvalue weighted by Gasteiger charge is 2.28. The molecule has 0 bridgehead atoms. The Morgan fingerprint density at radius 1 is 1.47 bits per heavy atom. The maximum absolute atomic E-state index is 11.7. The van der Waals surface area contributed by atoms with Crippen LogP contribution >= 0.6 is 0 Å². The van der Waals surface area contributed by atoms with Gasteiger partial charge in [0, 0.05) is 6.54 Å². The molecule has 0 aliphatic heterocycles. The van der Waals surface area contributed by atoms with Crippen molar-refractivity contribution in [3.63, 3.8) is 0 Å². The number of esters is 1. The molecule has 0 aliphatic carbocycles. The summed E-state index contributed by atoms with van der Waals surface area (Å²) in [6.45, 7) is 5.36. The zero-order chi connectivity index (χ0) is 15.1. The summed E-state index contributed by atoms with van der Waals surface area (Å²) in [6.07, 6.45) is 0.620. The fraction of sp³-hybridized carbons (Fsp3) is 0.800. The molecule has 0 saturated heterocycles. The molecule has 1 atom stereocenters. The molecule has 0 fully saturated rings. The number of aliphatic imine (C=N–C) groups is 1. The van der Waals surface area contributed by atoms with Gasteiger partial charge in [-0.2, -0.15) is 0 Å². The van der Waals surface area contributed by atoms with E-state index in [1.54, 1.807) is 20.8 Å². The van der Waals surface area contributed by atoms with Crippen molar-refractivity contribution in [3.05, 3.63) is 10.1 Å². The molecule has 0 heterocycles. The van der Waals surface area contributed by atoms with Crippen molar-refractivity contribution in [2.45, 2.75) is 45.3 Å². The van der Waals surface area contributed by atoms with Crippen LogP contribution in [0.4, 0.5) is 0 Å². The lowest BCUT2D eigenvalue weighted by Gasteiger charge is -2.22. The third-order valence-electron chi connectivity index (χ3n) is 1.90. The number of rotatable bonds is 7. The Morgan fingerprint density at radius 3 is 2.47 bits per heavy atom. The first-order chi connectivity index (χ1) is 8.61. The van der Waals surface area contributed by atoms with Gasteiger partial charge in [-0.05, 0) is 33.6 Å². The van der Waals surface area contributed by atoms with Crippen LogP contribution in [0.2, 0.25) is 0 Å². The summed E-state index contributed by atoms with van der Waals surface area (Å²) < 4.78 is 5.09. The number of carbonyl (C=O) groups excluding carboxylic acids is 1. The molecule has 0 saturated carbocycles. The monoisotopic (exact) mass is 275 g/mol. The van der Waals surface area contributed by atoms with Gasteiger partial charge < -0.3 is 16.2 Å². The highest BCUT2D eigenvalue weighted by Crippen LogP contribution is 2.10. The number of nitrogens with zero attached hydrogens (tertiary/aromatic N) is 2. The van der Waals surface area contributed by atoms with Crippen molar-refractivity contribution in [1.29, 1.82) is 0 Å². The van der Waals surface area contributed by atoms with Gasteiger partial charge in [0.05, 0.1) is 0 Å². The number of nitrogens with two attached hydrogens (primary N) is 2. The Morgan fingerprint density at radius 2 is 2.05 bits per heavy atom. The van der Waals surface area contributed by atoms with Gasteiger partial charge in [-0.3, -0.25) is 4.99 Å². The van der Waals surface area contributed by atoms with E-state index in [4.69, 9.17) is 16.2 Å².